The van der Waals surface area contributed by atoms with Gasteiger partial charge >= 0.3 is 0 Å². The van der Waals surface area contributed by atoms with Gasteiger partial charge in [0, 0.05) is 19.6 Å². The molecule has 1 saturated heterocycles. The van der Waals surface area contributed by atoms with Gasteiger partial charge in [0.1, 0.15) is 5.75 Å². The van der Waals surface area contributed by atoms with Gasteiger partial charge < -0.3 is 10.1 Å². The highest BCUT2D eigenvalue weighted by atomic mass is 32.2. The second-order valence-electron chi connectivity index (χ2n) is 4.29. The maximum Gasteiger partial charge on any atom is 0.235 e. The van der Waals surface area contributed by atoms with Gasteiger partial charge in [0.15, 0.2) is 9.84 Å². The number of carbonyl (C=O) groups is 1. The molecule has 6 nitrogen and oxygen atoms in total. The smallest absolute Gasteiger partial charge is 0.235 e. The normalized spacial score (nSPS) is 19.4. The van der Waals surface area contributed by atoms with Gasteiger partial charge in [-0.25, -0.2) is 8.42 Å². The van der Waals surface area contributed by atoms with Crippen molar-refractivity contribution in [3.05, 3.63) is 0 Å². The first kappa shape index (κ1) is 14.9. The van der Waals surface area contributed by atoms with E-state index >= 15 is 0 Å². The van der Waals surface area contributed by atoms with Crippen LogP contribution in [0, 0.1) is 11.3 Å². The van der Waals surface area contributed by atoms with Gasteiger partial charge in [-0.15, -0.1) is 0 Å². The number of nitrogens with one attached hydrogen (secondary N) is 1. The molecule has 0 radical (unpaired) electrons. The molecule has 1 unspecified atom stereocenters. The van der Waals surface area contributed by atoms with Crippen LogP contribution >= 0.6 is 0 Å². The minimum Gasteiger partial charge on any atom is -0.376 e. The number of rotatable bonds is 7. The number of amides is 1. The zero-order valence-electron chi connectivity index (χ0n) is 10.2. The van der Waals surface area contributed by atoms with E-state index < -0.39 is 21.5 Å². The Balaban J connectivity index is 2.23. The van der Waals surface area contributed by atoms with E-state index in [1.807, 2.05) is 6.07 Å². The van der Waals surface area contributed by atoms with Crippen LogP contribution in [0.1, 0.15) is 25.7 Å². The van der Waals surface area contributed by atoms with Gasteiger partial charge in [-0.2, -0.15) is 5.26 Å². The maximum atomic E-state index is 11.5. The Kier molecular flexibility index (Phi) is 6.09. The summed E-state index contributed by atoms with van der Waals surface area (Å²) in [6, 6.07) is 1.87. The summed E-state index contributed by atoms with van der Waals surface area (Å²) < 4.78 is 28.3. The number of nitrogens with zero attached hydrogens (tertiary/aromatic N) is 1. The lowest BCUT2D eigenvalue weighted by Crippen LogP contribution is -2.36. The highest BCUT2D eigenvalue weighted by molar-refractivity contribution is 7.92. The van der Waals surface area contributed by atoms with Crippen LogP contribution in [-0.2, 0) is 19.4 Å². The van der Waals surface area contributed by atoms with Gasteiger partial charge in [0.05, 0.1) is 17.9 Å². The van der Waals surface area contributed by atoms with E-state index in [2.05, 4.69) is 5.32 Å². The van der Waals surface area contributed by atoms with E-state index in [1.54, 1.807) is 0 Å². The molecule has 102 valence electrons. The van der Waals surface area contributed by atoms with Crippen LogP contribution in [0.25, 0.3) is 0 Å². The highest BCUT2D eigenvalue weighted by Crippen LogP contribution is 2.10. The predicted octanol–water partition coefficient (Wildman–Crippen LogP) is 0.000180. The van der Waals surface area contributed by atoms with Crippen LogP contribution in [0.4, 0.5) is 0 Å². The number of nitriles is 1. The minimum absolute atomic E-state index is 0.00948. The first-order chi connectivity index (χ1) is 8.53. The van der Waals surface area contributed by atoms with E-state index in [4.69, 9.17) is 10.00 Å². The average Bonchev–Trinajstić information content (AvgIpc) is 2.78. The fourth-order valence-corrected chi connectivity index (χ4v) is 2.96. The van der Waals surface area contributed by atoms with Gasteiger partial charge in [-0.05, 0) is 19.3 Å². The number of unbranched alkanes of at least 4 members (excludes halogenated alkanes) is 1. The lowest BCUT2D eigenvalue weighted by molar-refractivity contribution is -0.119. The Morgan fingerprint density at radius 3 is 2.89 bits per heavy atom. The van der Waals surface area contributed by atoms with Crippen LogP contribution < -0.4 is 5.32 Å². The summed E-state index contributed by atoms with van der Waals surface area (Å²) >= 11 is 0. The highest BCUT2D eigenvalue weighted by Gasteiger charge is 2.19. The number of sulfone groups is 1. The Labute approximate surface area is 107 Å². The van der Waals surface area contributed by atoms with Gasteiger partial charge in [0.25, 0.3) is 0 Å². The van der Waals surface area contributed by atoms with Crippen molar-refractivity contribution in [1.29, 1.82) is 5.26 Å². The molecule has 0 saturated carbocycles. The fourth-order valence-electron chi connectivity index (χ4n) is 1.73. The third kappa shape index (κ3) is 5.98. The number of carbonyl (C=O) groups excluding carboxylic acids is 1. The van der Waals surface area contributed by atoms with Crippen molar-refractivity contribution in [1.82, 2.24) is 5.32 Å². The minimum atomic E-state index is -3.40. The third-order valence-electron chi connectivity index (χ3n) is 2.65. The van der Waals surface area contributed by atoms with E-state index in [1.165, 1.54) is 0 Å². The Morgan fingerprint density at radius 2 is 2.28 bits per heavy atom. The summed E-state index contributed by atoms with van der Waals surface area (Å²) in [7, 11) is -3.40. The van der Waals surface area contributed by atoms with Crippen LogP contribution in [0.5, 0.6) is 0 Å². The van der Waals surface area contributed by atoms with Crippen LogP contribution in [0.15, 0.2) is 0 Å². The standard InChI is InChI=1S/C11H18N2O4S/c12-5-1-2-7-18(15,16)9-11(14)13-8-10-4-3-6-17-10/h10H,1-4,6-9H2,(H,13,14). The van der Waals surface area contributed by atoms with Crippen molar-refractivity contribution < 1.29 is 17.9 Å². The molecule has 0 spiro atoms. The molecule has 18 heavy (non-hydrogen) atoms. The van der Waals surface area contributed by atoms with Crippen molar-refractivity contribution in [2.24, 2.45) is 0 Å². The van der Waals surface area contributed by atoms with Crippen molar-refractivity contribution in [2.45, 2.75) is 31.8 Å². The molecule has 0 aromatic rings. The molecule has 0 aliphatic carbocycles. The summed E-state index contributed by atoms with van der Waals surface area (Å²) in [5, 5.41) is 10.9. The summed E-state index contributed by atoms with van der Waals surface area (Å²) in [5.74, 6) is -1.12. The molecule has 1 N–H and O–H groups in total. The Hall–Kier alpha value is -1.13. The first-order valence-corrected chi connectivity index (χ1v) is 7.81. The molecule has 1 heterocycles. The van der Waals surface area contributed by atoms with E-state index in [9.17, 15) is 13.2 Å². The number of ether oxygens (including phenoxy) is 1. The number of hydrogen-bond donors (Lipinski definition) is 1. The van der Waals surface area contributed by atoms with Crippen molar-refractivity contribution in [3.8, 4) is 6.07 Å². The zero-order chi connectivity index (χ0) is 13.4. The molecular formula is C11H18N2O4S. The molecule has 1 atom stereocenters. The molecule has 0 bridgehead atoms. The van der Waals surface area contributed by atoms with E-state index in [-0.39, 0.29) is 24.7 Å². The molecule has 1 aliphatic heterocycles. The summed E-state index contributed by atoms with van der Waals surface area (Å²) in [5.41, 5.74) is 0. The average molecular weight is 274 g/mol. The lowest BCUT2D eigenvalue weighted by Gasteiger charge is -2.10. The third-order valence-corrected chi connectivity index (χ3v) is 4.26. The van der Waals surface area contributed by atoms with E-state index in [0.29, 0.717) is 13.2 Å². The molecule has 1 rings (SSSR count). The predicted molar refractivity (Wildman–Crippen MR) is 65.5 cm³/mol. The monoisotopic (exact) mass is 274 g/mol. The summed E-state index contributed by atoms with van der Waals surface area (Å²) in [6.07, 6.45) is 2.35. The molecule has 0 aromatic carbocycles. The SMILES string of the molecule is N#CCCCS(=O)(=O)CC(=O)NCC1CCCO1. The van der Waals surface area contributed by atoms with Crippen LogP contribution in [-0.4, -0.2) is 45.1 Å². The molecule has 1 fully saturated rings. The topological polar surface area (TPSA) is 96.3 Å². The largest absolute Gasteiger partial charge is 0.376 e. The maximum absolute atomic E-state index is 11.5. The van der Waals surface area contributed by atoms with Crippen molar-refractivity contribution >= 4 is 15.7 Å². The Morgan fingerprint density at radius 1 is 1.50 bits per heavy atom. The first-order valence-electron chi connectivity index (χ1n) is 5.99. The fraction of sp³-hybridized carbons (Fsp3) is 0.818. The summed E-state index contributed by atoms with van der Waals surface area (Å²) in [4.78, 5) is 11.4. The lowest BCUT2D eigenvalue weighted by atomic mass is 10.2. The second kappa shape index (κ2) is 7.34. The van der Waals surface area contributed by atoms with E-state index in [0.717, 1.165) is 12.8 Å². The molecule has 7 heteroatoms. The van der Waals surface area contributed by atoms with Crippen molar-refractivity contribution in [3.63, 3.8) is 0 Å². The molecule has 0 aromatic heterocycles. The second-order valence-corrected chi connectivity index (χ2v) is 6.48. The summed E-state index contributed by atoms with van der Waals surface area (Å²) in [6.45, 7) is 1.07. The van der Waals surface area contributed by atoms with Gasteiger partial charge in [-0.1, -0.05) is 0 Å². The molecule has 1 amide bonds. The zero-order valence-corrected chi connectivity index (χ0v) is 11.0. The molecule has 1 aliphatic rings. The van der Waals surface area contributed by atoms with Gasteiger partial charge in [-0.3, -0.25) is 4.79 Å². The Bertz CT molecular complexity index is 407. The quantitative estimate of drug-likeness (QED) is 0.659. The molecular weight excluding hydrogens is 256 g/mol. The van der Waals surface area contributed by atoms with Crippen LogP contribution in [0.2, 0.25) is 0 Å². The number of hydrogen-bond acceptors (Lipinski definition) is 5. The van der Waals surface area contributed by atoms with Crippen molar-refractivity contribution in [2.75, 3.05) is 24.7 Å². The van der Waals surface area contributed by atoms with Gasteiger partial charge in [0.2, 0.25) is 5.91 Å². The van der Waals surface area contributed by atoms with Crippen LogP contribution in [0.3, 0.4) is 0 Å².